The molecular formula is C26H31Cl2N5O3. The van der Waals surface area contributed by atoms with Crippen LogP contribution in [0.25, 0.3) is 0 Å². The Morgan fingerprint density at radius 1 is 1.03 bits per heavy atom. The van der Waals surface area contributed by atoms with E-state index in [9.17, 15) is 14.4 Å². The third-order valence-electron chi connectivity index (χ3n) is 6.85. The Bertz CT molecular complexity index is 1110. The molecule has 2 aromatic rings. The minimum absolute atomic E-state index is 0.0295. The summed E-state index contributed by atoms with van der Waals surface area (Å²) in [6.45, 7) is 4.08. The Balaban J connectivity index is 1.42. The fourth-order valence-electron chi connectivity index (χ4n) is 4.96. The largest absolute Gasteiger partial charge is 0.354 e. The van der Waals surface area contributed by atoms with E-state index in [1.165, 1.54) is 0 Å². The summed E-state index contributed by atoms with van der Waals surface area (Å²) in [4.78, 5) is 44.3. The fraction of sp³-hybridized carbons (Fsp3) is 0.423. The summed E-state index contributed by atoms with van der Waals surface area (Å²) in [5.41, 5.74) is 1.05. The number of para-hydroxylation sites is 1. The van der Waals surface area contributed by atoms with Crippen LogP contribution in [0.4, 0.5) is 10.5 Å². The molecule has 2 saturated heterocycles. The van der Waals surface area contributed by atoms with Crippen molar-refractivity contribution in [2.45, 2.75) is 31.7 Å². The summed E-state index contributed by atoms with van der Waals surface area (Å²) in [5, 5.41) is 6.85. The second-order valence-electron chi connectivity index (χ2n) is 9.10. The topological polar surface area (TPSA) is 85.0 Å². The van der Waals surface area contributed by atoms with E-state index in [1.807, 2.05) is 43.3 Å². The summed E-state index contributed by atoms with van der Waals surface area (Å²) in [5.74, 6) is -0.295. The van der Waals surface area contributed by atoms with Crippen LogP contribution >= 0.6 is 23.2 Å². The third kappa shape index (κ3) is 5.55. The van der Waals surface area contributed by atoms with Gasteiger partial charge in [0.05, 0.1) is 6.67 Å². The second-order valence-corrected chi connectivity index (χ2v) is 9.94. The Morgan fingerprint density at radius 2 is 1.75 bits per heavy atom. The van der Waals surface area contributed by atoms with Gasteiger partial charge in [-0.25, -0.2) is 4.79 Å². The highest BCUT2D eigenvalue weighted by atomic mass is 35.5. The zero-order valence-electron chi connectivity index (χ0n) is 20.3. The van der Waals surface area contributed by atoms with Crippen LogP contribution < -0.4 is 15.5 Å². The lowest BCUT2D eigenvalue weighted by Gasteiger charge is -2.43. The van der Waals surface area contributed by atoms with Crippen molar-refractivity contribution in [2.24, 2.45) is 0 Å². The van der Waals surface area contributed by atoms with Gasteiger partial charge in [0.25, 0.3) is 5.91 Å². The van der Waals surface area contributed by atoms with Gasteiger partial charge in [0.2, 0.25) is 5.91 Å². The molecule has 2 aliphatic heterocycles. The van der Waals surface area contributed by atoms with Crippen LogP contribution in [0.3, 0.4) is 0 Å². The molecule has 2 aliphatic rings. The molecule has 0 radical (unpaired) electrons. The number of carbonyl (C=O) groups excluding carboxylic acids is 3. The van der Waals surface area contributed by atoms with Crippen molar-refractivity contribution >= 4 is 46.7 Å². The molecule has 4 amide bonds. The smallest absolute Gasteiger partial charge is 0.317 e. The number of amides is 4. The van der Waals surface area contributed by atoms with Crippen LogP contribution in [0.2, 0.25) is 10.0 Å². The molecule has 0 aliphatic carbocycles. The van der Waals surface area contributed by atoms with E-state index in [1.54, 1.807) is 21.9 Å². The molecule has 0 atom stereocenters. The molecule has 2 fully saturated rings. The summed E-state index contributed by atoms with van der Waals surface area (Å²) in [6, 6.07) is 14.9. The van der Waals surface area contributed by atoms with E-state index >= 15 is 0 Å². The number of urea groups is 1. The summed E-state index contributed by atoms with van der Waals surface area (Å²) in [7, 11) is 0. The molecule has 192 valence electrons. The minimum atomic E-state index is -0.776. The highest BCUT2D eigenvalue weighted by Gasteiger charge is 2.54. The number of carbonyl (C=O) groups is 3. The number of anilines is 1. The maximum Gasteiger partial charge on any atom is 0.317 e. The number of halogens is 2. The summed E-state index contributed by atoms with van der Waals surface area (Å²) < 4.78 is 0. The van der Waals surface area contributed by atoms with Crippen LogP contribution in [0.15, 0.2) is 48.5 Å². The van der Waals surface area contributed by atoms with Gasteiger partial charge in [0.1, 0.15) is 12.1 Å². The number of likely N-dealkylation sites (tertiary alicyclic amines) is 1. The van der Waals surface area contributed by atoms with Gasteiger partial charge in [-0.3, -0.25) is 9.59 Å². The van der Waals surface area contributed by atoms with Crippen molar-refractivity contribution in [1.29, 1.82) is 0 Å². The molecule has 0 bridgehead atoms. The lowest BCUT2D eigenvalue weighted by Crippen LogP contribution is -2.58. The van der Waals surface area contributed by atoms with E-state index in [0.29, 0.717) is 62.2 Å². The highest BCUT2D eigenvalue weighted by molar-refractivity contribution is 6.35. The molecule has 8 nitrogen and oxygen atoms in total. The number of rotatable bonds is 7. The zero-order chi connectivity index (χ0) is 25.7. The molecule has 0 unspecified atom stereocenters. The Labute approximate surface area is 221 Å². The Morgan fingerprint density at radius 3 is 2.42 bits per heavy atom. The van der Waals surface area contributed by atoms with Crippen LogP contribution in [-0.4, -0.2) is 72.6 Å². The predicted octanol–water partition coefficient (Wildman–Crippen LogP) is 3.52. The fourth-order valence-corrected chi connectivity index (χ4v) is 5.46. The average molecular weight is 532 g/mol. The molecule has 0 aromatic heterocycles. The number of nitrogens with zero attached hydrogens (tertiary/aromatic N) is 3. The van der Waals surface area contributed by atoms with Crippen molar-refractivity contribution in [2.75, 3.05) is 44.3 Å². The van der Waals surface area contributed by atoms with Gasteiger partial charge in [-0.15, -0.1) is 0 Å². The summed E-state index contributed by atoms with van der Waals surface area (Å²) in [6.07, 6.45) is 1.57. The van der Waals surface area contributed by atoms with E-state index in [-0.39, 0.29) is 24.4 Å². The first kappa shape index (κ1) is 26.1. The molecule has 4 rings (SSSR count). The minimum Gasteiger partial charge on any atom is -0.354 e. The van der Waals surface area contributed by atoms with Gasteiger partial charge in [0.15, 0.2) is 0 Å². The van der Waals surface area contributed by atoms with Crippen molar-refractivity contribution in [1.82, 2.24) is 20.4 Å². The van der Waals surface area contributed by atoms with Gasteiger partial charge in [0, 0.05) is 41.9 Å². The number of hydrogen-bond donors (Lipinski definition) is 2. The SMILES string of the molecule is CCNC(=O)N1CCC2(CC1)C(=O)N(CC(=O)NCCc1ccc(Cl)cc1Cl)CN2c1ccccc1. The van der Waals surface area contributed by atoms with Crippen LogP contribution in [0.1, 0.15) is 25.3 Å². The van der Waals surface area contributed by atoms with Crippen molar-refractivity contribution in [3.63, 3.8) is 0 Å². The maximum absolute atomic E-state index is 13.7. The number of piperidine rings is 1. The van der Waals surface area contributed by atoms with Gasteiger partial charge in [-0.05, 0) is 56.0 Å². The number of hydrogen-bond acceptors (Lipinski definition) is 4. The van der Waals surface area contributed by atoms with Crippen molar-refractivity contribution in [3.05, 3.63) is 64.1 Å². The van der Waals surface area contributed by atoms with Crippen LogP contribution in [0, 0.1) is 0 Å². The van der Waals surface area contributed by atoms with Gasteiger partial charge >= 0.3 is 6.03 Å². The molecule has 10 heteroatoms. The van der Waals surface area contributed by atoms with Gasteiger partial charge in [-0.2, -0.15) is 0 Å². The van der Waals surface area contributed by atoms with E-state index < -0.39 is 5.54 Å². The van der Waals surface area contributed by atoms with Gasteiger partial charge < -0.3 is 25.3 Å². The van der Waals surface area contributed by atoms with Crippen LogP contribution in [0.5, 0.6) is 0 Å². The standard InChI is InChI=1S/C26H31Cl2N5O3/c1-2-29-25(36)31-14-11-26(12-15-31)24(35)32(18-33(26)21-6-4-3-5-7-21)17-23(34)30-13-10-19-8-9-20(27)16-22(19)28/h3-9,16H,2,10-15,17-18H2,1H3,(H,29,36)(H,30,34). The van der Waals surface area contributed by atoms with E-state index in [2.05, 4.69) is 15.5 Å². The number of nitrogens with one attached hydrogen (secondary N) is 2. The molecule has 2 aromatic carbocycles. The lowest BCUT2D eigenvalue weighted by molar-refractivity contribution is -0.137. The first-order chi connectivity index (χ1) is 17.3. The highest BCUT2D eigenvalue weighted by Crippen LogP contribution is 2.39. The molecule has 36 heavy (non-hydrogen) atoms. The van der Waals surface area contributed by atoms with E-state index in [4.69, 9.17) is 23.2 Å². The average Bonchev–Trinajstić information content (AvgIpc) is 3.12. The number of benzene rings is 2. The first-order valence-electron chi connectivity index (χ1n) is 12.2. The van der Waals surface area contributed by atoms with Crippen molar-refractivity contribution in [3.8, 4) is 0 Å². The normalized spacial score (nSPS) is 17.0. The Kier molecular flexibility index (Phi) is 8.26. The molecule has 2 heterocycles. The summed E-state index contributed by atoms with van der Waals surface area (Å²) >= 11 is 12.2. The molecular weight excluding hydrogens is 501 g/mol. The Hall–Kier alpha value is -2.97. The van der Waals surface area contributed by atoms with Crippen molar-refractivity contribution < 1.29 is 14.4 Å². The molecule has 1 spiro atoms. The molecule has 2 N–H and O–H groups in total. The maximum atomic E-state index is 13.7. The second kappa shape index (κ2) is 11.4. The zero-order valence-corrected chi connectivity index (χ0v) is 21.8. The van der Waals surface area contributed by atoms with E-state index in [0.717, 1.165) is 11.3 Å². The lowest BCUT2D eigenvalue weighted by atomic mass is 9.85. The third-order valence-corrected chi connectivity index (χ3v) is 7.44. The molecule has 0 saturated carbocycles. The van der Waals surface area contributed by atoms with Gasteiger partial charge in [-0.1, -0.05) is 47.5 Å². The first-order valence-corrected chi connectivity index (χ1v) is 12.9. The monoisotopic (exact) mass is 531 g/mol. The van der Waals surface area contributed by atoms with Crippen LogP contribution in [-0.2, 0) is 16.0 Å². The quantitative estimate of drug-likeness (QED) is 0.572. The predicted molar refractivity (Wildman–Crippen MR) is 141 cm³/mol.